The van der Waals surface area contributed by atoms with Gasteiger partial charge in [0.15, 0.2) is 5.78 Å². The van der Waals surface area contributed by atoms with Crippen LogP contribution in [0.1, 0.15) is 40.9 Å². The molecule has 1 aliphatic rings. The van der Waals surface area contributed by atoms with E-state index in [-0.39, 0.29) is 5.78 Å². The van der Waals surface area contributed by atoms with Gasteiger partial charge in [-0.05, 0) is 19.3 Å². The highest BCUT2D eigenvalue weighted by molar-refractivity contribution is 7.13. The minimum absolute atomic E-state index is 0.100. The Bertz CT molecular complexity index is 342. The summed E-state index contributed by atoms with van der Waals surface area (Å²) in [7, 11) is 0. The van der Waals surface area contributed by atoms with Gasteiger partial charge in [-0.15, -0.1) is 11.3 Å². The number of Topliss-reactive ketones (excluding diaryl/α,β-unsaturated/α-hetero) is 1. The Kier molecular flexibility index (Phi) is 3.49. The fraction of sp³-hybridized carbons (Fsp3) is 0.636. The lowest BCUT2D eigenvalue weighted by Gasteiger charge is -2.21. The number of carbonyl (C=O) groups excluding carboxylic acids is 1. The van der Waals surface area contributed by atoms with Crippen molar-refractivity contribution in [2.75, 3.05) is 6.61 Å². The van der Waals surface area contributed by atoms with Crippen LogP contribution >= 0.6 is 11.3 Å². The second-order valence-electron chi connectivity index (χ2n) is 3.87. The van der Waals surface area contributed by atoms with Crippen LogP contribution < -0.4 is 0 Å². The van der Waals surface area contributed by atoms with Gasteiger partial charge in [0.2, 0.25) is 0 Å². The van der Waals surface area contributed by atoms with Gasteiger partial charge >= 0.3 is 0 Å². The van der Waals surface area contributed by atoms with Crippen molar-refractivity contribution in [3.63, 3.8) is 0 Å². The number of rotatable bonds is 3. The van der Waals surface area contributed by atoms with Crippen molar-refractivity contribution in [2.24, 2.45) is 0 Å². The van der Waals surface area contributed by atoms with E-state index < -0.39 is 0 Å². The molecule has 0 amide bonds. The molecule has 3 nitrogen and oxygen atoms in total. The van der Waals surface area contributed by atoms with Crippen molar-refractivity contribution < 1.29 is 9.53 Å². The number of carbonyl (C=O) groups is 1. The summed E-state index contributed by atoms with van der Waals surface area (Å²) in [5.74, 6) is 0.100. The lowest BCUT2D eigenvalue weighted by atomic mass is 10.1. The van der Waals surface area contributed by atoms with E-state index in [1.807, 2.05) is 0 Å². The number of aromatic nitrogens is 1. The first-order valence-electron chi connectivity index (χ1n) is 5.33. The maximum Gasteiger partial charge on any atom is 0.171 e. The van der Waals surface area contributed by atoms with Gasteiger partial charge in [-0.1, -0.05) is 0 Å². The molecule has 0 bridgehead atoms. The van der Waals surface area contributed by atoms with Gasteiger partial charge in [0.05, 0.1) is 16.0 Å². The molecule has 0 aromatic carbocycles. The van der Waals surface area contributed by atoms with Crippen LogP contribution in [-0.2, 0) is 11.2 Å². The second kappa shape index (κ2) is 4.86. The summed E-state index contributed by atoms with van der Waals surface area (Å²) in [4.78, 5) is 16.1. The van der Waals surface area contributed by atoms with Crippen molar-refractivity contribution in [1.82, 2.24) is 4.98 Å². The van der Waals surface area contributed by atoms with Gasteiger partial charge in [0.1, 0.15) is 0 Å². The topological polar surface area (TPSA) is 39.2 Å². The van der Waals surface area contributed by atoms with Crippen LogP contribution in [0.3, 0.4) is 0 Å². The number of ether oxygens (including phenoxy) is 1. The highest BCUT2D eigenvalue weighted by Gasteiger charge is 2.16. The van der Waals surface area contributed by atoms with E-state index in [4.69, 9.17) is 4.74 Å². The maximum atomic E-state index is 11.1. The molecule has 82 valence electrons. The normalized spacial score (nSPS) is 21.5. The number of hydrogen-bond acceptors (Lipinski definition) is 4. The minimum atomic E-state index is 0.100. The average Bonchev–Trinajstić information content (AvgIpc) is 2.68. The molecule has 4 heteroatoms. The largest absolute Gasteiger partial charge is 0.378 e. The van der Waals surface area contributed by atoms with E-state index >= 15 is 0 Å². The molecule has 1 fully saturated rings. The fourth-order valence-corrected chi connectivity index (χ4v) is 2.61. The van der Waals surface area contributed by atoms with Crippen LogP contribution in [0.2, 0.25) is 0 Å². The van der Waals surface area contributed by atoms with Gasteiger partial charge in [0.25, 0.3) is 0 Å². The molecule has 1 saturated heterocycles. The van der Waals surface area contributed by atoms with E-state index in [0.717, 1.165) is 29.3 Å². The van der Waals surface area contributed by atoms with Gasteiger partial charge in [-0.2, -0.15) is 0 Å². The number of nitrogens with zero attached hydrogens (tertiary/aromatic N) is 1. The van der Waals surface area contributed by atoms with Crippen molar-refractivity contribution in [3.8, 4) is 0 Å². The quantitative estimate of drug-likeness (QED) is 0.742. The summed E-state index contributed by atoms with van der Waals surface area (Å²) in [6.45, 7) is 2.45. The number of hydrogen-bond donors (Lipinski definition) is 0. The molecule has 1 aromatic heterocycles. The molecule has 0 saturated carbocycles. The van der Waals surface area contributed by atoms with E-state index in [1.165, 1.54) is 24.2 Å². The van der Waals surface area contributed by atoms with Gasteiger partial charge in [-0.25, -0.2) is 4.98 Å². The Morgan fingerprint density at radius 2 is 2.53 bits per heavy atom. The molecule has 1 atom stereocenters. The van der Waals surface area contributed by atoms with Gasteiger partial charge in [-0.3, -0.25) is 4.79 Å². The zero-order valence-electron chi connectivity index (χ0n) is 8.86. The molecular weight excluding hydrogens is 210 g/mol. The van der Waals surface area contributed by atoms with Crippen LogP contribution in [0.5, 0.6) is 0 Å². The average molecular weight is 225 g/mol. The van der Waals surface area contributed by atoms with Crippen molar-refractivity contribution in [1.29, 1.82) is 0 Å². The zero-order valence-corrected chi connectivity index (χ0v) is 9.68. The zero-order chi connectivity index (χ0) is 10.7. The molecule has 2 rings (SSSR count). The van der Waals surface area contributed by atoms with Crippen LogP contribution in [0.15, 0.2) is 6.20 Å². The Hall–Kier alpha value is -0.740. The predicted octanol–water partition coefficient (Wildman–Crippen LogP) is 2.46. The van der Waals surface area contributed by atoms with Crippen LogP contribution in [0.4, 0.5) is 0 Å². The molecule has 0 aliphatic carbocycles. The van der Waals surface area contributed by atoms with Crippen molar-refractivity contribution in [2.45, 2.75) is 38.7 Å². The SMILES string of the molecule is CC(=O)c1cnc(CC2CCCCO2)s1. The number of thiazole rings is 1. The minimum Gasteiger partial charge on any atom is -0.378 e. The molecule has 1 aromatic rings. The maximum absolute atomic E-state index is 11.1. The summed E-state index contributed by atoms with van der Waals surface area (Å²) >= 11 is 1.49. The molecule has 0 spiro atoms. The summed E-state index contributed by atoms with van der Waals surface area (Å²) < 4.78 is 5.63. The first-order chi connectivity index (χ1) is 7.25. The Labute approximate surface area is 93.5 Å². The van der Waals surface area contributed by atoms with Crippen molar-refractivity contribution >= 4 is 17.1 Å². The van der Waals surface area contributed by atoms with E-state index in [2.05, 4.69) is 4.98 Å². The molecule has 1 aliphatic heterocycles. The molecule has 15 heavy (non-hydrogen) atoms. The second-order valence-corrected chi connectivity index (χ2v) is 4.98. The summed E-state index contributed by atoms with van der Waals surface area (Å²) in [5.41, 5.74) is 0. The molecular formula is C11H15NO2S. The highest BCUT2D eigenvalue weighted by Crippen LogP contribution is 2.20. The molecule has 1 unspecified atom stereocenters. The molecule has 0 N–H and O–H groups in total. The first kappa shape index (κ1) is 10.8. The Morgan fingerprint density at radius 1 is 1.67 bits per heavy atom. The van der Waals surface area contributed by atoms with Crippen LogP contribution in [0.25, 0.3) is 0 Å². The lowest BCUT2D eigenvalue weighted by Crippen LogP contribution is -2.21. The van der Waals surface area contributed by atoms with Crippen LogP contribution in [0, 0.1) is 0 Å². The van der Waals surface area contributed by atoms with E-state index in [9.17, 15) is 4.79 Å². The van der Waals surface area contributed by atoms with Crippen molar-refractivity contribution in [3.05, 3.63) is 16.1 Å². The smallest absolute Gasteiger partial charge is 0.171 e. The molecule has 0 radical (unpaired) electrons. The first-order valence-corrected chi connectivity index (χ1v) is 6.14. The third-order valence-electron chi connectivity index (χ3n) is 2.58. The lowest BCUT2D eigenvalue weighted by molar-refractivity contribution is 0.0168. The molecule has 2 heterocycles. The Balaban J connectivity index is 1.94. The third kappa shape index (κ3) is 2.86. The van der Waals surface area contributed by atoms with Crippen LogP contribution in [-0.4, -0.2) is 23.5 Å². The third-order valence-corrected chi connectivity index (χ3v) is 3.70. The Morgan fingerprint density at radius 3 is 3.13 bits per heavy atom. The van der Waals surface area contributed by atoms with Gasteiger partial charge in [0, 0.05) is 26.1 Å². The summed E-state index contributed by atoms with van der Waals surface area (Å²) in [5, 5.41) is 1.02. The summed E-state index contributed by atoms with van der Waals surface area (Å²) in [6, 6.07) is 0. The summed E-state index contributed by atoms with van der Waals surface area (Å²) in [6.07, 6.45) is 6.38. The highest BCUT2D eigenvalue weighted by atomic mass is 32.1. The van der Waals surface area contributed by atoms with Gasteiger partial charge < -0.3 is 4.74 Å². The monoisotopic (exact) mass is 225 g/mol. The predicted molar refractivity (Wildman–Crippen MR) is 59.4 cm³/mol. The fourth-order valence-electron chi connectivity index (χ4n) is 1.73. The standard InChI is InChI=1S/C11H15NO2S/c1-8(13)10-7-12-11(15-10)6-9-4-2-3-5-14-9/h7,9H,2-6H2,1H3. The van der Waals surface area contributed by atoms with E-state index in [0.29, 0.717) is 6.10 Å². The van der Waals surface area contributed by atoms with E-state index in [1.54, 1.807) is 13.1 Å². The number of ketones is 1.